The van der Waals surface area contributed by atoms with Gasteiger partial charge in [-0.2, -0.15) is 0 Å². The molecule has 10 aromatic rings. The van der Waals surface area contributed by atoms with Crippen molar-refractivity contribution in [1.82, 2.24) is 14.5 Å². The number of nitrogens with zero attached hydrogens (tertiary/aromatic N) is 3. The second kappa shape index (κ2) is 16.2. The average Bonchev–Trinajstić information content (AvgIpc) is 3.86. The Bertz CT molecular complexity index is 2700. The van der Waals surface area contributed by atoms with Crippen LogP contribution >= 0.6 is 0 Å². The van der Waals surface area contributed by atoms with E-state index in [-0.39, 0.29) is 20.1 Å². The van der Waals surface area contributed by atoms with Crippen LogP contribution in [0.1, 0.15) is 0 Å². The molecule has 0 aliphatic heterocycles. The Morgan fingerprint density at radius 1 is 0.527 bits per heavy atom. The summed E-state index contributed by atoms with van der Waals surface area (Å²) in [5.41, 5.74) is 13.4. The summed E-state index contributed by atoms with van der Waals surface area (Å²) in [6.45, 7) is 0. The van der Waals surface area contributed by atoms with Crippen LogP contribution in [-0.2, 0) is 20.1 Å². The van der Waals surface area contributed by atoms with Gasteiger partial charge in [0.25, 0.3) is 0 Å². The number of aromatic nitrogens is 3. The number of para-hydroxylation sites is 3. The van der Waals surface area contributed by atoms with E-state index in [9.17, 15) is 0 Å². The third-order valence-electron chi connectivity index (χ3n) is 9.48. The molecule has 265 valence electrons. The molecule has 0 bridgehead atoms. The van der Waals surface area contributed by atoms with Gasteiger partial charge in [0, 0.05) is 49.3 Å². The molecular formula is C50H33IrN3O-2. The summed E-state index contributed by atoms with van der Waals surface area (Å²) in [5, 5.41) is 0.977. The largest absolute Gasteiger partial charge is 0.557 e. The maximum Gasteiger partial charge on any atom is 0.0774 e. The van der Waals surface area contributed by atoms with E-state index < -0.39 is 0 Å². The average molecular weight is 884 g/mol. The topological polar surface area (TPSA) is 43.9 Å². The van der Waals surface area contributed by atoms with Crippen LogP contribution in [0, 0.1) is 12.3 Å². The van der Waals surface area contributed by atoms with Gasteiger partial charge in [0.05, 0.1) is 22.5 Å². The third kappa shape index (κ3) is 7.19. The Labute approximate surface area is 333 Å². The van der Waals surface area contributed by atoms with Crippen LogP contribution in [0.4, 0.5) is 0 Å². The van der Waals surface area contributed by atoms with E-state index in [1.54, 1.807) is 6.20 Å². The van der Waals surface area contributed by atoms with E-state index in [1.807, 2.05) is 54.6 Å². The predicted octanol–water partition coefficient (Wildman–Crippen LogP) is 12.8. The second-order valence-corrected chi connectivity index (χ2v) is 12.8. The number of imidazole rings is 1. The molecule has 55 heavy (non-hydrogen) atoms. The van der Waals surface area contributed by atoms with Crippen molar-refractivity contribution in [3.63, 3.8) is 0 Å². The minimum absolute atomic E-state index is 0. The Morgan fingerprint density at radius 3 is 1.82 bits per heavy atom. The molecule has 0 spiro atoms. The van der Waals surface area contributed by atoms with Crippen molar-refractivity contribution in [2.24, 2.45) is 0 Å². The maximum absolute atomic E-state index is 6.10. The number of furan rings is 1. The first-order valence-electron chi connectivity index (χ1n) is 17.9. The Kier molecular flexibility index (Phi) is 10.4. The van der Waals surface area contributed by atoms with Crippen LogP contribution in [0.5, 0.6) is 0 Å². The van der Waals surface area contributed by atoms with Gasteiger partial charge in [-0.05, 0) is 46.1 Å². The van der Waals surface area contributed by atoms with Crippen LogP contribution in [0.2, 0.25) is 0 Å². The Hall–Kier alpha value is -6.65. The van der Waals surface area contributed by atoms with Crippen LogP contribution in [0.15, 0.2) is 205 Å². The Balaban J connectivity index is 0.000000280. The molecule has 0 amide bonds. The number of hydrogen-bond donors (Lipinski definition) is 0. The Morgan fingerprint density at radius 2 is 1.16 bits per heavy atom. The minimum atomic E-state index is 0. The fourth-order valence-electron chi connectivity index (χ4n) is 6.93. The molecule has 0 aliphatic rings. The van der Waals surface area contributed by atoms with E-state index in [1.165, 1.54) is 0 Å². The van der Waals surface area contributed by atoms with Crippen molar-refractivity contribution in [3.8, 4) is 61.7 Å². The fourth-order valence-corrected chi connectivity index (χ4v) is 6.93. The molecule has 0 aliphatic carbocycles. The van der Waals surface area contributed by atoms with Crippen LogP contribution in [-0.4, -0.2) is 14.5 Å². The summed E-state index contributed by atoms with van der Waals surface area (Å²) in [4.78, 5) is 9.42. The number of fused-ring (bicyclic) bond motifs is 2. The standard InChI is InChI=1S/C39H25N2O.C11H8N.Ir/c1-4-13-27(14-5-1)30-23-24-33-34(26-42-37(33)25-30)39-40-35-21-10-11-22-36(35)41(39)38-31(28-15-6-2-7-16-28)19-12-20-32(38)29-17-8-3-9-18-29;1-2-6-10(7-3-1)11-8-4-5-9-12-11;/h1-25H;1-6,8-9H;/q2*-1;. The molecule has 0 saturated heterocycles. The number of pyridine rings is 1. The van der Waals surface area contributed by atoms with Crippen molar-refractivity contribution >= 4 is 22.0 Å². The number of hydrogen-bond acceptors (Lipinski definition) is 3. The van der Waals surface area contributed by atoms with Crippen molar-refractivity contribution < 1.29 is 24.5 Å². The summed E-state index contributed by atoms with van der Waals surface area (Å²) < 4.78 is 8.39. The van der Waals surface area contributed by atoms with Crippen molar-refractivity contribution in [2.45, 2.75) is 0 Å². The summed E-state index contributed by atoms with van der Waals surface area (Å²) in [5.74, 6) is 0.794. The molecule has 3 heterocycles. The molecule has 0 N–H and O–H groups in total. The molecule has 0 fully saturated rings. The molecule has 0 saturated carbocycles. The SMILES string of the molecule is [Ir].[c-]1ccccc1-c1ccccn1.[c-]1oc2cc(-c3ccccc3)ccc2c1-c1nc2ccccc2n1-c1c(-c2ccccc2)cccc1-c1ccccc1. The van der Waals surface area contributed by atoms with Gasteiger partial charge in [-0.25, -0.2) is 0 Å². The van der Waals surface area contributed by atoms with Crippen LogP contribution in [0.25, 0.3) is 83.7 Å². The summed E-state index contributed by atoms with van der Waals surface area (Å²) >= 11 is 0. The first kappa shape index (κ1) is 35.4. The van der Waals surface area contributed by atoms with Gasteiger partial charge < -0.3 is 14.0 Å². The predicted molar refractivity (Wildman–Crippen MR) is 220 cm³/mol. The molecule has 1 radical (unpaired) electrons. The summed E-state index contributed by atoms with van der Waals surface area (Å²) in [7, 11) is 0. The van der Waals surface area contributed by atoms with Gasteiger partial charge in [0.15, 0.2) is 0 Å². The van der Waals surface area contributed by atoms with E-state index in [2.05, 4.69) is 161 Å². The smallest absolute Gasteiger partial charge is 0.0774 e. The van der Waals surface area contributed by atoms with Crippen LogP contribution in [0.3, 0.4) is 0 Å². The fraction of sp³-hybridized carbons (Fsp3) is 0. The summed E-state index contributed by atoms with van der Waals surface area (Å²) in [6.07, 6.45) is 5.03. The molecule has 5 heteroatoms. The second-order valence-electron chi connectivity index (χ2n) is 12.8. The molecular weight excluding hydrogens is 851 g/mol. The zero-order valence-electron chi connectivity index (χ0n) is 29.6. The summed E-state index contributed by atoms with van der Waals surface area (Å²) in [6, 6.07) is 69.5. The minimum Gasteiger partial charge on any atom is -0.557 e. The zero-order valence-corrected chi connectivity index (χ0v) is 32.0. The van der Waals surface area contributed by atoms with Crippen molar-refractivity contribution in [3.05, 3.63) is 213 Å². The van der Waals surface area contributed by atoms with Crippen molar-refractivity contribution in [1.29, 1.82) is 0 Å². The molecule has 10 rings (SSSR count). The van der Waals surface area contributed by atoms with Gasteiger partial charge in [-0.1, -0.05) is 157 Å². The van der Waals surface area contributed by atoms with E-state index in [0.29, 0.717) is 0 Å². The first-order chi connectivity index (χ1) is 26.8. The van der Waals surface area contributed by atoms with Gasteiger partial charge in [-0.15, -0.1) is 42.0 Å². The van der Waals surface area contributed by atoms with E-state index in [0.717, 1.165) is 83.7 Å². The first-order valence-corrected chi connectivity index (χ1v) is 17.9. The van der Waals surface area contributed by atoms with Gasteiger partial charge in [0.1, 0.15) is 0 Å². The van der Waals surface area contributed by atoms with E-state index in [4.69, 9.17) is 9.40 Å². The van der Waals surface area contributed by atoms with Gasteiger partial charge in [0.2, 0.25) is 0 Å². The monoisotopic (exact) mass is 884 g/mol. The van der Waals surface area contributed by atoms with Crippen molar-refractivity contribution in [2.75, 3.05) is 0 Å². The quantitative estimate of drug-likeness (QED) is 0.156. The molecule has 4 nitrogen and oxygen atoms in total. The zero-order chi connectivity index (χ0) is 36.1. The number of rotatable bonds is 6. The number of benzene rings is 7. The molecule has 0 atom stereocenters. The normalized spacial score (nSPS) is 10.8. The molecule has 0 unspecified atom stereocenters. The molecule has 7 aromatic carbocycles. The van der Waals surface area contributed by atoms with E-state index >= 15 is 0 Å². The maximum atomic E-state index is 6.10. The van der Waals surface area contributed by atoms with Gasteiger partial charge in [-0.3, -0.25) is 4.98 Å². The van der Waals surface area contributed by atoms with Crippen LogP contribution < -0.4 is 0 Å². The van der Waals surface area contributed by atoms with Gasteiger partial charge >= 0.3 is 0 Å². The third-order valence-corrected chi connectivity index (χ3v) is 9.48. The molecule has 3 aromatic heterocycles.